The predicted octanol–water partition coefficient (Wildman–Crippen LogP) is 3.37. The highest BCUT2D eigenvalue weighted by Crippen LogP contribution is 2.21. The molecule has 0 amide bonds. The second-order valence-electron chi connectivity index (χ2n) is 5.80. The third-order valence-corrected chi connectivity index (χ3v) is 3.72. The second-order valence-corrected chi connectivity index (χ2v) is 5.80. The Bertz CT molecular complexity index is 435. The number of aliphatic carboxylic acids is 1. The molecular formula is C16H27N3O2. The molecule has 5 heteroatoms. The smallest absolute Gasteiger partial charge is 0.303 e. The van der Waals surface area contributed by atoms with Crippen LogP contribution in [0.1, 0.15) is 52.1 Å². The van der Waals surface area contributed by atoms with Crippen molar-refractivity contribution in [1.29, 1.82) is 0 Å². The molecule has 0 spiro atoms. The van der Waals surface area contributed by atoms with E-state index < -0.39 is 5.97 Å². The van der Waals surface area contributed by atoms with Crippen LogP contribution < -0.4 is 5.32 Å². The number of rotatable bonds is 10. The number of carboxylic acid groups (broad SMARTS) is 1. The van der Waals surface area contributed by atoms with Crippen LogP contribution in [0, 0.1) is 11.8 Å². The monoisotopic (exact) mass is 293 g/mol. The van der Waals surface area contributed by atoms with Gasteiger partial charge >= 0.3 is 5.97 Å². The molecule has 1 unspecified atom stereocenters. The van der Waals surface area contributed by atoms with Crippen molar-refractivity contribution in [2.24, 2.45) is 11.8 Å². The van der Waals surface area contributed by atoms with Gasteiger partial charge in [0.05, 0.1) is 0 Å². The van der Waals surface area contributed by atoms with E-state index >= 15 is 0 Å². The summed E-state index contributed by atoms with van der Waals surface area (Å²) in [6.45, 7) is 7.24. The fraction of sp³-hybridized carbons (Fsp3) is 0.688. The summed E-state index contributed by atoms with van der Waals surface area (Å²) in [5.41, 5.74) is 1.06. The maximum atomic E-state index is 10.7. The standard InChI is InChI=1S/C16H27N3O2/c1-4-5-14-10-15(19-11-18-14)17-9-8-13(12(2)3)6-7-16(20)21/h10-13H,4-9H2,1-3H3,(H,20,21)(H,17,18,19). The van der Waals surface area contributed by atoms with Crippen LogP contribution in [0.2, 0.25) is 0 Å². The largest absolute Gasteiger partial charge is 0.481 e. The fourth-order valence-electron chi connectivity index (χ4n) is 2.39. The van der Waals surface area contributed by atoms with Crippen molar-refractivity contribution in [3.63, 3.8) is 0 Å². The first-order chi connectivity index (χ1) is 10.0. The maximum absolute atomic E-state index is 10.7. The van der Waals surface area contributed by atoms with Gasteiger partial charge in [-0.15, -0.1) is 0 Å². The molecule has 0 radical (unpaired) electrons. The normalized spacial score (nSPS) is 12.4. The van der Waals surface area contributed by atoms with Gasteiger partial charge in [0.25, 0.3) is 0 Å². The first-order valence-corrected chi connectivity index (χ1v) is 7.79. The Balaban J connectivity index is 2.42. The average molecular weight is 293 g/mol. The Morgan fingerprint density at radius 2 is 2.10 bits per heavy atom. The number of hydrogen-bond acceptors (Lipinski definition) is 4. The van der Waals surface area contributed by atoms with E-state index in [1.54, 1.807) is 6.33 Å². The Morgan fingerprint density at radius 1 is 1.33 bits per heavy atom. The Kier molecular flexibility index (Phi) is 7.72. The van der Waals surface area contributed by atoms with Crippen molar-refractivity contribution in [3.05, 3.63) is 18.1 Å². The van der Waals surface area contributed by atoms with Crippen LogP contribution in [0.3, 0.4) is 0 Å². The van der Waals surface area contributed by atoms with Crippen molar-refractivity contribution in [2.75, 3.05) is 11.9 Å². The predicted molar refractivity (Wildman–Crippen MR) is 84.3 cm³/mol. The van der Waals surface area contributed by atoms with Gasteiger partial charge in [-0.2, -0.15) is 0 Å². The van der Waals surface area contributed by atoms with E-state index in [2.05, 4.69) is 36.1 Å². The zero-order chi connectivity index (χ0) is 15.7. The van der Waals surface area contributed by atoms with Gasteiger partial charge in [0.1, 0.15) is 12.1 Å². The van der Waals surface area contributed by atoms with Crippen LogP contribution in [0.4, 0.5) is 5.82 Å². The first kappa shape index (κ1) is 17.4. The Labute approximate surface area is 127 Å². The molecule has 1 aromatic rings. The molecule has 1 heterocycles. The van der Waals surface area contributed by atoms with E-state index in [1.165, 1.54) is 0 Å². The van der Waals surface area contributed by atoms with E-state index in [-0.39, 0.29) is 6.42 Å². The van der Waals surface area contributed by atoms with E-state index in [9.17, 15) is 4.79 Å². The third-order valence-electron chi connectivity index (χ3n) is 3.72. The first-order valence-electron chi connectivity index (χ1n) is 7.79. The van der Waals surface area contributed by atoms with Crippen molar-refractivity contribution in [1.82, 2.24) is 9.97 Å². The van der Waals surface area contributed by atoms with Gasteiger partial charge in [-0.25, -0.2) is 9.97 Å². The summed E-state index contributed by atoms with van der Waals surface area (Å²) >= 11 is 0. The van der Waals surface area contributed by atoms with E-state index in [1.807, 2.05) is 6.07 Å². The van der Waals surface area contributed by atoms with Crippen LogP contribution in [-0.2, 0) is 11.2 Å². The molecule has 0 aliphatic carbocycles. The fourth-order valence-corrected chi connectivity index (χ4v) is 2.39. The molecule has 1 atom stereocenters. The van der Waals surface area contributed by atoms with Gasteiger partial charge in [-0.05, 0) is 31.1 Å². The number of nitrogens with one attached hydrogen (secondary N) is 1. The van der Waals surface area contributed by atoms with E-state index in [4.69, 9.17) is 5.11 Å². The topological polar surface area (TPSA) is 75.1 Å². The van der Waals surface area contributed by atoms with Crippen molar-refractivity contribution >= 4 is 11.8 Å². The third kappa shape index (κ3) is 7.06. The molecule has 0 bridgehead atoms. The van der Waals surface area contributed by atoms with Gasteiger partial charge in [0.15, 0.2) is 0 Å². The molecule has 1 rings (SSSR count). The molecule has 0 fully saturated rings. The highest BCUT2D eigenvalue weighted by molar-refractivity contribution is 5.66. The second kappa shape index (κ2) is 9.32. The lowest BCUT2D eigenvalue weighted by Crippen LogP contribution is -2.16. The number of anilines is 1. The SMILES string of the molecule is CCCc1cc(NCCC(CCC(=O)O)C(C)C)ncn1. The van der Waals surface area contributed by atoms with Crippen LogP contribution in [-0.4, -0.2) is 27.6 Å². The van der Waals surface area contributed by atoms with E-state index in [0.29, 0.717) is 11.8 Å². The molecule has 0 saturated heterocycles. The van der Waals surface area contributed by atoms with Crippen molar-refractivity contribution in [2.45, 2.75) is 52.9 Å². The summed E-state index contributed by atoms with van der Waals surface area (Å²) in [7, 11) is 0. The lowest BCUT2D eigenvalue weighted by Gasteiger charge is -2.20. The summed E-state index contributed by atoms with van der Waals surface area (Å²) in [6, 6.07) is 1.99. The highest BCUT2D eigenvalue weighted by atomic mass is 16.4. The highest BCUT2D eigenvalue weighted by Gasteiger charge is 2.14. The van der Waals surface area contributed by atoms with Gasteiger partial charge < -0.3 is 10.4 Å². The molecule has 118 valence electrons. The van der Waals surface area contributed by atoms with Gasteiger partial charge in [-0.3, -0.25) is 4.79 Å². The molecule has 5 nitrogen and oxygen atoms in total. The van der Waals surface area contributed by atoms with Crippen molar-refractivity contribution < 1.29 is 9.90 Å². The molecule has 21 heavy (non-hydrogen) atoms. The number of hydrogen-bond donors (Lipinski definition) is 2. The summed E-state index contributed by atoms with van der Waals surface area (Å²) in [5, 5.41) is 12.1. The number of nitrogens with zero attached hydrogens (tertiary/aromatic N) is 2. The molecular weight excluding hydrogens is 266 g/mol. The molecule has 0 aromatic carbocycles. The lowest BCUT2D eigenvalue weighted by atomic mass is 9.88. The van der Waals surface area contributed by atoms with Crippen LogP contribution in [0.15, 0.2) is 12.4 Å². The molecule has 0 aliphatic heterocycles. The van der Waals surface area contributed by atoms with Crippen LogP contribution >= 0.6 is 0 Å². The summed E-state index contributed by atoms with van der Waals surface area (Å²) in [6.07, 6.45) is 5.57. The zero-order valence-corrected chi connectivity index (χ0v) is 13.3. The Hall–Kier alpha value is -1.65. The molecule has 2 N–H and O–H groups in total. The van der Waals surface area contributed by atoms with Gasteiger partial charge in [0.2, 0.25) is 0 Å². The minimum absolute atomic E-state index is 0.247. The van der Waals surface area contributed by atoms with Gasteiger partial charge in [0, 0.05) is 24.7 Å². The maximum Gasteiger partial charge on any atom is 0.303 e. The van der Waals surface area contributed by atoms with Crippen LogP contribution in [0.25, 0.3) is 0 Å². The molecule has 0 aliphatic rings. The minimum Gasteiger partial charge on any atom is -0.481 e. The summed E-state index contributed by atoms with van der Waals surface area (Å²) in [5.74, 6) is 1.06. The number of carbonyl (C=O) groups is 1. The zero-order valence-electron chi connectivity index (χ0n) is 13.3. The van der Waals surface area contributed by atoms with Crippen molar-refractivity contribution in [3.8, 4) is 0 Å². The number of carboxylic acids is 1. The lowest BCUT2D eigenvalue weighted by molar-refractivity contribution is -0.137. The Morgan fingerprint density at radius 3 is 2.71 bits per heavy atom. The van der Waals surface area contributed by atoms with E-state index in [0.717, 1.165) is 43.7 Å². The molecule has 0 saturated carbocycles. The quantitative estimate of drug-likeness (QED) is 0.692. The summed E-state index contributed by atoms with van der Waals surface area (Å²) < 4.78 is 0. The van der Waals surface area contributed by atoms with Crippen LogP contribution in [0.5, 0.6) is 0 Å². The minimum atomic E-state index is -0.714. The summed E-state index contributed by atoms with van der Waals surface area (Å²) in [4.78, 5) is 19.1. The number of aryl methyl sites for hydroxylation is 1. The van der Waals surface area contributed by atoms with Gasteiger partial charge in [-0.1, -0.05) is 27.2 Å². The average Bonchev–Trinajstić information content (AvgIpc) is 2.42. The molecule has 1 aromatic heterocycles. The number of aromatic nitrogens is 2.